The quantitative estimate of drug-likeness (QED) is 0.359. The highest BCUT2D eigenvalue weighted by Crippen LogP contribution is 2.48. The van der Waals surface area contributed by atoms with Crippen LogP contribution < -0.4 is 21.0 Å². The van der Waals surface area contributed by atoms with Gasteiger partial charge in [-0.2, -0.15) is 15.3 Å². The Morgan fingerprint density at radius 1 is 1.43 bits per heavy atom. The first kappa shape index (κ1) is 26.4. The summed E-state index contributed by atoms with van der Waals surface area (Å²) in [6, 6.07) is 10.9. The summed E-state index contributed by atoms with van der Waals surface area (Å²) in [4.78, 5) is 28.1. The van der Waals surface area contributed by atoms with Crippen molar-refractivity contribution in [3.63, 3.8) is 0 Å². The highest BCUT2D eigenvalue weighted by Gasteiger charge is 2.48. The summed E-state index contributed by atoms with van der Waals surface area (Å²) in [5, 5.41) is 12.4. The molecule has 0 spiro atoms. The van der Waals surface area contributed by atoms with E-state index in [-0.39, 0.29) is 31.2 Å². The van der Waals surface area contributed by atoms with Crippen LogP contribution in [-0.4, -0.2) is 40.9 Å². The van der Waals surface area contributed by atoms with Gasteiger partial charge in [0.1, 0.15) is 23.0 Å². The molecule has 35 heavy (non-hydrogen) atoms. The van der Waals surface area contributed by atoms with Crippen molar-refractivity contribution in [1.29, 1.82) is 5.26 Å². The molecule has 1 fully saturated rings. The van der Waals surface area contributed by atoms with Crippen LogP contribution in [0.2, 0.25) is 0 Å². The number of ether oxygens (including phenoxy) is 2. The maximum atomic E-state index is 13.6. The predicted octanol–water partition coefficient (Wildman–Crippen LogP) is 2.39. The molecular formula is C22H28N5O7P. The van der Waals surface area contributed by atoms with Gasteiger partial charge in [-0.15, -0.1) is 0 Å². The molecule has 1 aliphatic heterocycles. The summed E-state index contributed by atoms with van der Waals surface area (Å²) < 4.78 is 36.9. The SMILES string of the molecule is CCOC(=O)C(C)NP(=O)(OCC1CC(C)(C#N)C(n2ccc(N)nc2=O)O1)Oc1ccccc1. The third-order valence-electron chi connectivity index (χ3n) is 5.27. The summed E-state index contributed by atoms with van der Waals surface area (Å²) in [5.74, 6) is -0.327. The molecule has 1 aromatic carbocycles. The molecule has 188 valence electrons. The van der Waals surface area contributed by atoms with Gasteiger partial charge in [0.25, 0.3) is 0 Å². The Morgan fingerprint density at radius 3 is 2.77 bits per heavy atom. The molecule has 5 unspecified atom stereocenters. The number of rotatable bonds is 10. The number of aromatic nitrogens is 2. The number of anilines is 1. The van der Waals surface area contributed by atoms with E-state index in [0.717, 1.165) is 0 Å². The maximum absolute atomic E-state index is 13.6. The average molecular weight is 505 g/mol. The lowest BCUT2D eigenvalue weighted by molar-refractivity contribution is -0.144. The molecule has 3 rings (SSSR count). The van der Waals surface area contributed by atoms with Crippen molar-refractivity contribution >= 4 is 19.5 Å². The molecule has 3 N–H and O–H groups in total. The van der Waals surface area contributed by atoms with E-state index < -0.39 is 43.2 Å². The number of benzene rings is 1. The van der Waals surface area contributed by atoms with Gasteiger partial charge in [0.15, 0.2) is 6.23 Å². The van der Waals surface area contributed by atoms with Crippen LogP contribution in [0.4, 0.5) is 5.82 Å². The molecule has 12 nitrogen and oxygen atoms in total. The Hall–Kier alpha value is -3.23. The zero-order valence-electron chi connectivity index (χ0n) is 19.6. The van der Waals surface area contributed by atoms with Gasteiger partial charge in [-0.05, 0) is 45.4 Å². The molecule has 0 aliphatic carbocycles. The number of hydrogen-bond acceptors (Lipinski definition) is 10. The van der Waals surface area contributed by atoms with Crippen LogP contribution in [0.15, 0.2) is 47.4 Å². The number of carbonyl (C=O) groups excluding carboxylic acids is 1. The molecule has 0 amide bonds. The average Bonchev–Trinajstić information content (AvgIpc) is 3.15. The first-order chi connectivity index (χ1) is 16.6. The standard InChI is InChI=1S/C22H28N5O7P/c1-4-31-19(28)15(2)26-35(30,34-16-8-6-5-7-9-16)32-13-17-12-22(3,14-23)20(33-17)27-11-10-18(24)25-21(27)29/h5-11,15,17,20H,4,12-13H2,1-3H3,(H,26,30)(H2,24,25,29). The lowest BCUT2D eigenvalue weighted by atomic mass is 9.87. The predicted molar refractivity (Wildman–Crippen MR) is 125 cm³/mol. The minimum absolute atomic E-state index is 0.0450. The minimum Gasteiger partial charge on any atom is -0.465 e. The van der Waals surface area contributed by atoms with Crippen molar-refractivity contribution in [1.82, 2.24) is 14.6 Å². The van der Waals surface area contributed by atoms with Crippen molar-refractivity contribution in [2.24, 2.45) is 5.41 Å². The molecule has 0 radical (unpaired) electrons. The third-order valence-corrected chi connectivity index (χ3v) is 6.91. The summed E-state index contributed by atoms with van der Waals surface area (Å²) in [6.45, 7) is 4.67. The zero-order chi connectivity index (χ0) is 25.6. The van der Waals surface area contributed by atoms with Crippen molar-refractivity contribution in [2.75, 3.05) is 18.9 Å². The fourth-order valence-electron chi connectivity index (χ4n) is 3.58. The zero-order valence-corrected chi connectivity index (χ0v) is 20.5. The summed E-state index contributed by atoms with van der Waals surface area (Å²) >= 11 is 0. The van der Waals surface area contributed by atoms with E-state index in [1.54, 1.807) is 44.2 Å². The van der Waals surface area contributed by atoms with Gasteiger partial charge in [-0.25, -0.2) is 9.36 Å². The lowest BCUT2D eigenvalue weighted by Crippen LogP contribution is -2.35. The number of nitrogens with one attached hydrogen (secondary N) is 1. The van der Waals surface area contributed by atoms with Crippen LogP contribution in [-0.2, 0) is 23.4 Å². The number of nitrogens with zero attached hydrogens (tertiary/aromatic N) is 3. The number of nitriles is 1. The Bertz CT molecular complexity index is 1180. The number of para-hydroxylation sites is 1. The van der Waals surface area contributed by atoms with Crippen LogP contribution in [0.25, 0.3) is 0 Å². The van der Waals surface area contributed by atoms with Gasteiger partial charge < -0.3 is 19.7 Å². The van der Waals surface area contributed by atoms with E-state index in [1.165, 1.54) is 23.8 Å². The van der Waals surface area contributed by atoms with E-state index in [1.807, 2.05) is 0 Å². The summed E-state index contributed by atoms with van der Waals surface area (Å²) in [5.41, 5.74) is 3.79. The molecule has 1 saturated heterocycles. The fourth-order valence-corrected chi connectivity index (χ4v) is 5.10. The second kappa shape index (κ2) is 11.0. The molecule has 0 bridgehead atoms. The molecule has 1 aromatic heterocycles. The van der Waals surface area contributed by atoms with Crippen molar-refractivity contribution in [3.05, 3.63) is 53.1 Å². The van der Waals surface area contributed by atoms with Gasteiger partial charge in [0.05, 0.1) is 25.4 Å². The summed E-state index contributed by atoms with van der Waals surface area (Å²) in [6.07, 6.45) is -0.117. The smallest absolute Gasteiger partial charge is 0.459 e. The highest BCUT2D eigenvalue weighted by atomic mass is 31.2. The molecule has 5 atom stereocenters. The van der Waals surface area contributed by atoms with E-state index in [2.05, 4.69) is 16.1 Å². The third kappa shape index (κ3) is 6.46. The lowest BCUT2D eigenvalue weighted by Gasteiger charge is -2.24. The van der Waals surface area contributed by atoms with Gasteiger partial charge in [-0.3, -0.25) is 13.9 Å². The van der Waals surface area contributed by atoms with Crippen molar-refractivity contribution < 1.29 is 27.9 Å². The fraction of sp³-hybridized carbons (Fsp3) is 0.455. The number of esters is 1. The topological polar surface area (TPSA) is 168 Å². The maximum Gasteiger partial charge on any atom is 0.459 e. The van der Waals surface area contributed by atoms with Gasteiger partial charge in [0.2, 0.25) is 0 Å². The first-order valence-electron chi connectivity index (χ1n) is 10.9. The summed E-state index contributed by atoms with van der Waals surface area (Å²) in [7, 11) is -4.10. The number of nitrogen functional groups attached to an aromatic ring is 1. The molecule has 13 heteroatoms. The van der Waals surface area contributed by atoms with Gasteiger partial charge in [-0.1, -0.05) is 18.2 Å². The van der Waals surface area contributed by atoms with Crippen LogP contribution in [0.3, 0.4) is 0 Å². The minimum atomic E-state index is -4.10. The monoisotopic (exact) mass is 505 g/mol. The normalized spacial score (nSPS) is 24.2. The molecule has 2 aromatic rings. The van der Waals surface area contributed by atoms with Gasteiger partial charge in [0, 0.05) is 6.20 Å². The second-order valence-corrected chi connectivity index (χ2v) is 9.88. The number of carbonyl (C=O) groups is 1. The largest absolute Gasteiger partial charge is 0.465 e. The Balaban J connectivity index is 1.78. The van der Waals surface area contributed by atoms with E-state index >= 15 is 0 Å². The van der Waals surface area contributed by atoms with Crippen LogP contribution in [0.5, 0.6) is 5.75 Å². The highest BCUT2D eigenvalue weighted by molar-refractivity contribution is 7.52. The van der Waals surface area contributed by atoms with Crippen LogP contribution in [0.1, 0.15) is 33.4 Å². The molecule has 0 saturated carbocycles. The molecule has 1 aliphatic rings. The Morgan fingerprint density at radius 2 is 2.14 bits per heavy atom. The van der Waals surface area contributed by atoms with Crippen LogP contribution in [0, 0.1) is 16.7 Å². The number of nitrogens with two attached hydrogens (primary N) is 1. The van der Waals surface area contributed by atoms with Crippen molar-refractivity contribution in [2.45, 2.75) is 45.6 Å². The molecule has 2 heterocycles. The Kier molecular flexibility index (Phi) is 8.30. The van der Waals surface area contributed by atoms with E-state index in [9.17, 15) is 19.4 Å². The van der Waals surface area contributed by atoms with Crippen LogP contribution >= 0.6 is 7.75 Å². The number of hydrogen-bond donors (Lipinski definition) is 2. The Labute approximate surface area is 202 Å². The van der Waals surface area contributed by atoms with E-state index in [4.69, 9.17) is 24.3 Å². The molecular weight excluding hydrogens is 477 g/mol. The van der Waals surface area contributed by atoms with Gasteiger partial charge >= 0.3 is 19.4 Å². The first-order valence-corrected chi connectivity index (χ1v) is 12.5. The van der Waals surface area contributed by atoms with E-state index in [0.29, 0.717) is 0 Å². The van der Waals surface area contributed by atoms with Crippen molar-refractivity contribution in [3.8, 4) is 11.8 Å². The second-order valence-electron chi connectivity index (χ2n) is 8.19.